The second-order valence-electron chi connectivity index (χ2n) is 5.28. The Kier molecular flexibility index (Phi) is 7.71. The van der Waals surface area contributed by atoms with Gasteiger partial charge in [-0.25, -0.2) is 4.99 Å². The zero-order valence-corrected chi connectivity index (χ0v) is 14.9. The number of nitrogens with zero attached hydrogens (tertiary/aromatic N) is 3. The third-order valence-electron chi connectivity index (χ3n) is 3.14. The first-order chi connectivity index (χ1) is 12.2. The van der Waals surface area contributed by atoms with Gasteiger partial charge in [-0.15, -0.1) is 0 Å². The van der Waals surface area contributed by atoms with Crippen LogP contribution in [-0.4, -0.2) is 43.0 Å². The van der Waals surface area contributed by atoms with E-state index in [-0.39, 0.29) is 0 Å². The van der Waals surface area contributed by atoms with E-state index in [0.29, 0.717) is 37.4 Å². The lowest BCUT2D eigenvalue weighted by Crippen LogP contribution is -2.30. The molecule has 1 heterocycles. The van der Waals surface area contributed by atoms with Crippen LogP contribution in [0.15, 0.2) is 33.8 Å². The van der Waals surface area contributed by atoms with Crippen LogP contribution < -0.4 is 15.4 Å². The highest BCUT2D eigenvalue weighted by atomic mass is 16.5. The molecule has 0 bridgehead atoms. The Morgan fingerprint density at radius 1 is 1.32 bits per heavy atom. The van der Waals surface area contributed by atoms with Crippen molar-refractivity contribution >= 4 is 11.6 Å². The zero-order valence-electron chi connectivity index (χ0n) is 14.9. The minimum Gasteiger partial charge on any atom is -0.493 e. The molecular weight excluding hydrogens is 322 g/mol. The minimum atomic E-state index is 0.309. The minimum absolute atomic E-state index is 0.309. The highest BCUT2D eigenvalue weighted by molar-refractivity contribution is 5.93. The number of aryl methyl sites for hydroxylation is 1. The number of anilines is 1. The third-order valence-corrected chi connectivity index (χ3v) is 3.14. The van der Waals surface area contributed by atoms with Crippen molar-refractivity contribution < 1.29 is 14.0 Å². The molecule has 0 radical (unpaired) electrons. The second kappa shape index (κ2) is 10.3. The van der Waals surface area contributed by atoms with Crippen molar-refractivity contribution in [2.24, 2.45) is 4.99 Å². The van der Waals surface area contributed by atoms with Crippen LogP contribution in [0.25, 0.3) is 0 Å². The van der Waals surface area contributed by atoms with Gasteiger partial charge in [0.1, 0.15) is 12.3 Å². The molecule has 0 aliphatic rings. The van der Waals surface area contributed by atoms with Crippen molar-refractivity contribution in [3.8, 4) is 5.75 Å². The molecule has 8 heteroatoms. The lowest BCUT2D eigenvalue weighted by molar-refractivity contribution is 0.172. The zero-order chi connectivity index (χ0) is 17.9. The first-order valence-electron chi connectivity index (χ1n) is 8.27. The molecule has 0 fully saturated rings. The highest BCUT2D eigenvalue weighted by Gasteiger charge is 2.04. The largest absolute Gasteiger partial charge is 0.493 e. The Bertz CT molecular complexity index is 672. The second-order valence-corrected chi connectivity index (χ2v) is 5.28. The van der Waals surface area contributed by atoms with Gasteiger partial charge in [0.2, 0.25) is 5.89 Å². The van der Waals surface area contributed by atoms with Crippen LogP contribution >= 0.6 is 0 Å². The Hall–Kier alpha value is -2.61. The topological polar surface area (TPSA) is 93.8 Å². The summed E-state index contributed by atoms with van der Waals surface area (Å²) in [5.41, 5.74) is 0.880. The summed E-state index contributed by atoms with van der Waals surface area (Å²) in [7, 11) is 1.68. The van der Waals surface area contributed by atoms with E-state index >= 15 is 0 Å². The molecule has 2 N–H and O–H groups in total. The van der Waals surface area contributed by atoms with Crippen molar-refractivity contribution in [2.75, 3.05) is 32.2 Å². The first-order valence-corrected chi connectivity index (χ1v) is 8.27. The van der Waals surface area contributed by atoms with Gasteiger partial charge in [-0.3, -0.25) is 0 Å². The van der Waals surface area contributed by atoms with Gasteiger partial charge in [-0.05, 0) is 26.0 Å². The predicted octanol–water partition coefficient (Wildman–Crippen LogP) is 2.37. The summed E-state index contributed by atoms with van der Waals surface area (Å²) in [4.78, 5) is 8.59. The summed E-state index contributed by atoms with van der Waals surface area (Å²) >= 11 is 0. The average Bonchev–Trinajstić information content (AvgIpc) is 3.03. The Balaban J connectivity index is 1.95. The normalized spacial score (nSPS) is 11.4. The fourth-order valence-corrected chi connectivity index (χ4v) is 2.05. The number of aliphatic imine (C=N–C) groups is 1. The molecule has 1 aromatic carbocycles. The number of benzene rings is 1. The fourth-order valence-electron chi connectivity index (χ4n) is 2.05. The van der Waals surface area contributed by atoms with Crippen LogP contribution in [-0.2, 0) is 11.3 Å². The van der Waals surface area contributed by atoms with Crippen LogP contribution in [0.2, 0.25) is 0 Å². The number of ether oxygens (including phenoxy) is 2. The molecule has 0 unspecified atom stereocenters. The van der Waals surface area contributed by atoms with E-state index < -0.39 is 0 Å². The van der Waals surface area contributed by atoms with E-state index in [4.69, 9.17) is 14.0 Å². The number of aromatic nitrogens is 2. The Morgan fingerprint density at radius 3 is 2.92 bits per heavy atom. The molecular formula is C17H25N5O3. The van der Waals surface area contributed by atoms with Crippen LogP contribution in [0.4, 0.5) is 5.69 Å². The van der Waals surface area contributed by atoms with Crippen molar-refractivity contribution in [3.05, 3.63) is 36.0 Å². The predicted molar refractivity (Wildman–Crippen MR) is 95.9 cm³/mol. The number of guanidine groups is 1. The number of rotatable bonds is 9. The SMILES string of the molecule is CCNC(=NCc1nc(C)no1)Nc1cccc(OCCCOC)c1. The van der Waals surface area contributed by atoms with Crippen LogP contribution in [0, 0.1) is 6.92 Å². The molecule has 0 spiro atoms. The molecule has 8 nitrogen and oxygen atoms in total. The van der Waals surface area contributed by atoms with E-state index in [2.05, 4.69) is 25.8 Å². The quantitative estimate of drug-likeness (QED) is 0.408. The molecule has 0 atom stereocenters. The summed E-state index contributed by atoms with van der Waals surface area (Å²) in [6, 6.07) is 7.73. The van der Waals surface area contributed by atoms with E-state index in [1.54, 1.807) is 14.0 Å². The van der Waals surface area contributed by atoms with Crippen molar-refractivity contribution in [1.29, 1.82) is 0 Å². The van der Waals surface area contributed by atoms with Crippen molar-refractivity contribution in [3.63, 3.8) is 0 Å². The number of hydrogen-bond donors (Lipinski definition) is 2. The van der Waals surface area contributed by atoms with Crippen LogP contribution in [0.3, 0.4) is 0 Å². The Labute approximate surface area is 147 Å². The lowest BCUT2D eigenvalue weighted by Gasteiger charge is -2.12. The Morgan fingerprint density at radius 2 is 2.20 bits per heavy atom. The first kappa shape index (κ1) is 18.7. The standard InChI is InChI=1S/C17H25N5O3/c1-4-18-17(19-12-16-20-13(2)22-25-16)21-14-7-5-8-15(11-14)24-10-6-9-23-3/h5,7-8,11H,4,6,9-10,12H2,1-3H3,(H2,18,19,21). The molecule has 0 saturated heterocycles. The molecule has 0 saturated carbocycles. The summed E-state index contributed by atoms with van der Waals surface area (Å²) in [6.07, 6.45) is 0.849. The van der Waals surface area contributed by atoms with Gasteiger partial charge in [0, 0.05) is 38.4 Å². The van der Waals surface area contributed by atoms with Gasteiger partial charge >= 0.3 is 0 Å². The van der Waals surface area contributed by atoms with Crippen LogP contribution in [0.5, 0.6) is 5.75 Å². The van der Waals surface area contributed by atoms with Gasteiger partial charge in [0.05, 0.1) is 6.61 Å². The number of methoxy groups -OCH3 is 1. The molecule has 1 aromatic heterocycles. The van der Waals surface area contributed by atoms with Gasteiger partial charge in [-0.2, -0.15) is 4.98 Å². The van der Waals surface area contributed by atoms with Crippen molar-refractivity contribution in [1.82, 2.24) is 15.5 Å². The van der Waals surface area contributed by atoms with Gasteiger partial charge in [0.25, 0.3) is 0 Å². The molecule has 2 rings (SSSR count). The fraction of sp³-hybridized carbons (Fsp3) is 0.471. The highest BCUT2D eigenvalue weighted by Crippen LogP contribution is 2.17. The van der Waals surface area contributed by atoms with Gasteiger partial charge in [0.15, 0.2) is 11.8 Å². The molecule has 25 heavy (non-hydrogen) atoms. The summed E-state index contributed by atoms with van der Waals surface area (Å²) in [5.74, 6) is 2.51. The number of hydrogen-bond acceptors (Lipinski definition) is 6. The summed E-state index contributed by atoms with van der Waals surface area (Å²) in [5, 5.41) is 10.2. The average molecular weight is 347 g/mol. The summed E-state index contributed by atoms with van der Waals surface area (Å²) < 4.78 is 15.8. The molecule has 0 amide bonds. The molecule has 136 valence electrons. The van der Waals surface area contributed by atoms with E-state index in [0.717, 1.165) is 24.4 Å². The number of nitrogens with one attached hydrogen (secondary N) is 2. The van der Waals surface area contributed by atoms with E-state index in [1.807, 2.05) is 31.2 Å². The lowest BCUT2D eigenvalue weighted by atomic mass is 10.3. The molecule has 2 aromatic rings. The third kappa shape index (κ3) is 6.80. The van der Waals surface area contributed by atoms with Crippen LogP contribution in [0.1, 0.15) is 25.1 Å². The van der Waals surface area contributed by atoms with E-state index in [1.165, 1.54) is 0 Å². The molecule has 0 aliphatic heterocycles. The van der Waals surface area contributed by atoms with E-state index in [9.17, 15) is 0 Å². The van der Waals surface area contributed by atoms with Gasteiger partial charge in [-0.1, -0.05) is 11.2 Å². The molecule has 0 aliphatic carbocycles. The maximum atomic E-state index is 5.71. The maximum absolute atomic E-state index is 5.71. The summed E-state index contributed by atoms with van der Waals surface area (Å²) in [6.45, 7) is 6.12. The monoisotopic (exact) mass is 347 g/mol. The van der Waals surface area contributed by atoms with Gasteiger partial charge < -0.3 is 24.6 Å². The van der Waals surface area contributed by atoms with Crippen molar-refractivity contribution in [2.45, 2.75) is 26.8 Å². The smallest absolute Gasteiger partial charge is 0.248 e. The maximum Gasteiger partial charge on any atom is 0.248 e.